The van der Waals surface area contributed by atoms with Gasteiger partial charge in [0.15, 0.2) is 0 Å². The number of hydrogen-bond acceptors (Lipinski definition) is 0. The molecule has 4 aromatic rings. The zero-order valence-corrected chi connectivity index (χ0v) is 15.8. The summed E-state index contributed by atoms with van der Waals surface area (Å²) in [6, 6.07) is 26.0. The van der Waals surface area contributed by atoms with Crippen LogP contribution in [0.2, 0.25) is 0 Å². The Bertz CT molecular complexity index is 1120. The van der Waals surface area contributed by atoms with E-state index < -0.39 is 0 Å². The lowest BCUT2D eigenvalue weighted by Gasteiger charge is -2.09. The SMILES string of the molecule is C.Cc1ccc(-c2ccc(-c3ccc(-c4ccc(C)cc4F)cc3F)cc2)cc1. The average Bonchev–Trinajstić information content (AvgIpc) is 2.69. The minimum atomic E-state index is -0.361. The molecule has 0 radical (unpaired) electrons. The van der Waals surface area contributed by atoms with Crippen molar-refractivity contribution in [2.75, 3.05) is 0 Å². The Labute approximate surface area is 171 Å². The fraction of sp³-hybridized carbons (Fsp3) is 0.111. The van der Waals surface area contributed by atoms with E-state index in [1.807, 2.05) is 37.3 Å². The molecule has 0 bridgehead atoms. The van der Waals surface area contributed by atoms with Crippen LogP contribution in [0.3, 0.4) is 0 Å². The Hall–Kier alpha value is -3.26. The Balaban J connectivity index is 0.00000240. The summed E-state index contributed by atoms with van der Waals surface area (Å²) < 4.78 is 29.0. The van der Waals surface area contributed by atoms with Gasteiger partial charge in [0.2, 0.25) is 0 Å². The van der Waals surface area contributed by atoms with Crippen LogP contribution in [-0.4, -0.2) is 0 Å². The van der Waals surface area contributed by atoms with Gasteiger partial charge in [-0.15, -0.1) is 0 Å². The maximum Gasteiger partial charge on any atom is 0.131 e. The van der Waals surface area contributed by atoms with Crippen LogP contribution in [0.1, 0.15) is 18.6 Å². The van der Waals surface area contributed by atoms with Crippen molar-refractivity contribution in [1.82, 2.24) is 0 Å². The van der Waals surface area contributed by atoms with E-state index in [1.54, 1.807) is 18.2 Å². The molecule has 0 heterocycles. The molecular formula is C27H24F2. The number of hydrogen-bond donors (Lipinski definition) is 0. The van der Waals surface area contributed by atoms with Crippen molar-refractivity contribution in [2.24, 2.45) is 0 Å². The van der Waals surface area contributed by atoms with Crippen LogP contribution in [0, 0.1) is 25.5 Å². The molecular weight excluding hydrogens is 362 g/mol. The fourth-order valence-electron chi connectivity index (χ4n) is 3.36. The molecule has 0 unspecified atom stereocenters. The Morgan fingerprint density at radius 2 is 0.862 bits per heavy atom. The molecule has 0 atom stereocenters. The molecule has 146 valence electrons. The van der Waals surface area contributed by atoms with Gasteiger partial charge in [-0.2, -0.15) is 0 Å². The lowest BCUT2D eigenvalue weighted by Crippen LogP contribution is -1.90. The molecule has 0 fully saturated rings. The maximum atomic E-state index is 14.8. The zero-order chi connectivity index (χ0) is 19.7. The summed E-state index contributed by atoms with van der Waals surface area (Å²) in [5.74, 6) is -0.699. The van der Waals surface area contributed by atoms with Gasteiger partial charge >= 0.3 is 0 Å². The summed E-state index contributed by atoms with van der Waals surface area (Å²) >= 11 is 0. The minimum absolute atomic E-state index is 0. The number of rotatable bonds is 3. The van der Waals surface area contributed by atoms with Crippen LogP contribution in [0.25, 0.3) is 33.4 Å². The molecule has 29 heavy (non-hydrogen) atoms. The largest absolute Gasteiger partial charge is 0.206 e. The summed E-state index contributed by atoms with van der Waals surface area (Å²) in [4.78, 5) is 0. The van der Waals surface area contributed by atoms with Gasteiger partial charge in [0.1, 0.15) is 11.6 Å². The van der Waals surface area contributed by atoms with Gasteiger partial charge in [-0.05, 0) is 53.8 Å². The van der Waals surface area contributed by atoms with Gasteiger partial charge in [-0.3, -0.25) is 0 Å². The normalized spacial score (nSPS) is 10.5. The first kappa shape index (κ1) is 20.5. The molecule has 4 rings (SSSR count). The van der Waals surface area contributed by atoms with Crippen LogP contribution in [-0.2, 0) is 0 Å². The third kappa shape index (κ3) is 4.27. The third-order valence-corrected chi connectivity index (χ3v) is 4.99. The van der Waals surface area contributed by atoms with E-state index in [9.17, 15) is 8.78 Å². The van der Waals surface area contributed by atoms with E-state index >= 15 is 0 Å². The Kier molecular flexibility index (Phi) is 5.93. The van der Waals surface area contributed by atoms with Crippen LogP contribution < -0.4 is 0 Å². The van der Waals surface area contributed by atoms with Gasteiger partial charge in [0.25, 0.3) is 0 Å². The molecule has 0 N–H and O–H groups in total. The topological polar surface area (TPSA) is 0 Å². The molecule has 0 aliphatic rings. The van der Waals surface area contributed by atoms with Gasteiger partial charge in [0, 0.05) is 11.1 Å². The summed E-state index contributed by atoms with van der Waals surface area (Å²) in [6.07, 6.45) is 0. The highest BCUT2D eigenvalue weighted by atomic mass is 19.1. The molecule has 0 saturated heterocycles. The van der Waals surface area contributed by atoms with Gasteiger partial charge in [0.05, 0.1) is 0 Å². The average molecular weight is 386 g/mol. The second-order valence-electron chi connectivity index (χ2n) is 7.12. The zero-order valence-electron chi connectivity index (χ0n) is 15.8. The van der Waals surface area contributed by atoms with Gasteiger partial charge in [-0.1, -0.05) is 85.8 Å². The molecule has 0 aliphatic carbocycles. The molecule has 0 nitrogen and oxygen atoms in total. The van der Waals surface area contributed by atoms with Gasteiger partial charge in [-0.25, -0.2) is 8.78 Å². The van der Waals surface area contributed by atoms with E-state index in [2.05, 4.69) is 31.2 Å². The highest BCUT2D eigenvalue weighted by Crippen LogP contribution is 2.31. The first-order chi connectivity index (χ1) is 13.5. The van der Waals surface area contributed by atoms with Crippen molar-refractivity contribution < 1.29 is 8.78 Å². The summed E-state index contributed by atoms with van der Waals surface area (Å²) in [7, 11) is 0. The fourth-order valence-corrected chi connectivity index (χ4v) is 3.36. The van der Waals surface area contributed by atoms with Crippen LogP contribution >= 0.6 is 0 Å². The van der Waals surface area contributed by atoms with E-state index in [1.165, 1.54) is 17.7 Å². The second-order valence-corrected chi connectivity index (χ2v) is 7.12. The van der Waals surface area contributed by atoms with E-state index in [0.29, 0.717) is 16.7 Å². The number of aryl methyl sites for hydroxylation is 2. The third-order valence-electron chi connectivity index (χ3n) is 4.99. The molecule has 0 aromatic heterocycles. The first-order valence-corrected chi connectivity index (χ1v) is 9.25. The molecule has 4 aromatic carbocycles. The van der Waals surface area contributed by atoms with Crippen molar-refractivity contribution in [1.29, 1.82) is 0 Å². The van der Waals surface area contributed by atoms with Gasteiger partial charge < -0.3 is 0 Å². The predicted molar refractivity (Wildman–Crippen MR) is 119 cm³/mol. The van der Waals surface area contributed by atoms with Crippen molar-refractivity contribution in [3.05, 3.63) is 108 Å². The Morgan fingerprint density at radius 3 is 1.45 bits per heavy atom. The Morgan fingerprint density at radius 1 is 0.448 bits per heavy atom. The van der Waals surface area contributed by atoms with Crippen molar-refractivity contribution in [3.8, 4) is 33.4 Å². The standard InChI is InChI=1S/C26H20F2.CH4/c1-17-3-6-19(7-4-17)20-8-10-21(11-9-20)23-14-12-22(16-26(23)28)24-13-5-18(2)15-25(24)27;/h3-16H,1-2H3;1H4. The number of halogens is 2. The molecule has 0 saturated carbocycles. The van der Waals surface area contributed by atoms with Crippen LogP contribution in [0.4, 0.5) is 8.78 Å². The predicted octanol–water partition coefficient (Wildman–Crippen LogP) is 8.22. The quantitative estimate of drug-likeness (QED) is 0.333. The monoisotopic (exact) mass is 386 g/mol. The maximum absolute atomic E-state index is 14.8. The van der Waals surface area contributed by atoms with Crippen molar-refractivity contribution in [3.63, 3.8) is 0 Å². The van der Waals surface area contributed by atoms with E-state index in [4.69, 9.17) is 0 Å². The summed E-state index contributed by atoms with van der Waals surface area (Å²) in [5, 5.41) is 0. The van der Waals surface area contributed by atoms with Crippen LogP contribution in [0.5, 0.6) is 0 Å². The lowest BCUT2D eigenvalue weighted by atomic mass is 9.97. The lowest BCUT2D eigenvalue weighted by molar-refractivity contribution is 0.626. The highest BCUT2D eigenvalue weighted by molar-refractivity contribution is 5.74. The van der Waals surface area contributed by atoms with E-state index in [-0.39, 0.29) is 19.1 Å². The van der Waals surface area contributed by atoms with Crippen molar-refractivity contribution in [2.45, 2.75) is 21.3 Å². The van der Waals surface area contributed by atoms with Crippen molar-refractivity contribution >= 4 is 0 Å². The van der Waals surface area contributed by atoms with Crippen LogP contribution in [0.15, 0.2) is 84.9 Å². The second kappa shape index (κ2) is 8.40. The molecule has 0 spiro atoms. The highest BCUT2D eigenvalue weighted by Gasteiger charge is 2.11. The molecule has 2 heteroatoms. The molecule has 0 amide bonds. The number of benzene rings is 4. The first-order valence-electron chi connectivity index (χ1n) is 9.25. The minimum Gasteiger partial charge on any atom is -0.206 e. The molecule has 0 aliphatic heterocycles. The summed E-state index contributed by atoms with van der Waals surface area (Å²) in [6.45, 7) is 3.89. The van der Waals surface area contributed by atoms with E-state index in [0.717, 1.165) is 22.3 Å². The smallest absolute Gasteiger partial charge is 0.131 e. The summed E-state index contributed by atoms with van der Waals surface area (Å²) in [5.41, 5.74) is 6.52.